The molecule has 6 nitrogen and oxygen atoms in total. The summed E-state index contributed by atoms with van der Waals surface area (Å²) in [4.78, 5) is 25.4. The van der Waals surface area contributed by atoms with Gasteiger partial charge < -0.3 is 18.9 Å². The average Bonchev–Trinajstić information content (AvgIpc) is 3.10. The highest BCUT2D eigenvalue weighted by atomic mass is 19.1. The molecule has 0 N–H and O–H groups in total. The SMILES string of the molecule is C[C@]1(OC(=O)c2ccccc2)C(OC(=O)c2ccccc2)O[C@H](COCc2ccccc2)[C@@H]1F. The lowest BCUT2D eigenvalue weighted by Crippen LogP contribution is -2.49. The van der Waals surface area contributed by atoms with Crippen LogP contribution in [0.5, 0.6) is 0 Å². The molecule has 1 aliphatic rings. The first-order valence-corrected chi connectivity index (χ1v) is 10.9. The molecule has 1 aliphatic heterocycles. The van der Waals surface area contributed by atoms with Gasteiger partial charge in [-0.1, -0.05) is 66.7 Å². The maximum Gasteiger partial charge on any atom is 0.340 e. The summed E-state index contributed by atoms with van der Waals surface area (Å²) in [6.45, 7) is 1.50. The summed E-state index contributed by atoms with van der Waals surface area (Å²) in [5.41, 5.74) is -0.450. The molecule has 1 unspecified atom stereocenters. The molecule has 1 heterocycles. The summed E-state index contributed by atoms with van der Waals surface area (Å²) in [5, 5.41) is 0. The Labute approximate surface area is 197 Å². The van der Waals surface area contributed by atoms with Crippen molar-refractivity contribution >= 4 is 11.9 Å². The third kappa shape index (κ3) is 5.32. The van der Waals surface area contributed by atoms with Crippen molar-refractivity contribution in [3.63, 3.8) is 0 Å². The van der Waals surface area contributed by atoms with Crippen molar-refractivity contribution in [3.8, 4) is 0 Å². The molecule has 0 aliphatic carbocycles. The molecular weight excluding hydrogens is 439 g/mol. The number of carbonyl (C=O) groups excluding carboxylic acids is 2. The van der Waals surface area contributed by atoms with Gasteiger partial charge in [-0.3, -0.25) is 0 Å². The molecule has 0 aromatic heterocycles. The normalized spacial score (nSPS) is 23.9. The molecule has 3 aromatic carbocycles. The molecule has 0 saturated carbocycles. The predicted molar refractivity (Wildman–Crippen MR) is 122 cm³/mol. The van der Waals surface area contributed by atoms with Crippen molar-refractivity contribution in [1.82, 2.24) is 0 Å². The lowest BCUT2D eigenvalue weighted by molar-refractivity contribution is -0.174. The number of esters is 2. The fourth-order valence-corrected chi connectivity index (χ4v) is 3.67. The maximum atomic E-state index is 15.7. The van der Waals surface area contributed by atoms with E-state index in [2.05, 4.69) is 0 Å². The van der Waals surface area contributed by atoms with E-state index in [9.17, 15) is 9.59 Å². The standard InChI is InChI=1S/C27H25FO6/c1-27(34-25(30)21-15-9-4-10-16-21)23(28)22(18-31-17-19-11-5-2-6-12-19)32-26(27)33-24(29)20-13-7-3-8-14-20/h2-16,22-23,26H,17-18H2,1H3/t22-,23+,26?,27-/m1/s1. The molecule has 0 bridgehead atoms. The number of rotatable bonds is 8. The largest absolute Gasteiger partial charge is 0.446 e. The predicted octanol–water partition coefficient (Wildman–Crippen LogP) is 4.74. The van der Waals surface area contributed by atoms with Gasteiger partial charge in [-0.15, -0.1) is 0 Å². The number of carbonyl (C=O) groups is 2. The van der Waals surface area contributed by atoms with Gasteiger partial charge in [0.05, 0.1) is 24.3 Å². The summed E-state index contributed by atoms with van der Waals surface area (Å²) in [5.74, 6) is -1.47. The summed E-state index contributed by atoms with van der Waals surface area (Å²) >= 11 is 0. The van der Waals surface area contributed by atoms with Gasteiger partial charge in [-0.25, -0.2) is 14.0 Å². The van der Waals surface area contributed by atoms with Gasteiger partial charge in [0.25, 0.3) is 0 Å². The Hall–Kier alpha value is -3.55. The maximum absolute atomic E-state index is 15.7. The van der Waals surface area contributed by atoms with Crippen LogP contribution in [0, 0.1) is 0 Å². The minimum atomic E-state index is -1.88. The number of alkyl halides is 1. The Morgan fingerprint density at radius 3 is 1.97 bits per heavy atom. The van der Waals surface area contributed by atoms with Gasteiger partial charge in [0, 0.05) is 0 Å². The van der Waals surface area contributed by atoms with Gasteiger partial charge in [0.15, 0.2) is 6.17 Å². The number of ether oxygens (including phenoxy) is 4. The van der Waals surface area contributed by atoms with E-state index in [0.29, 0.717) is 0 Å². The molecular formula is C27H25FO6. The summed E-state index contributed by atoms with van der Waals surface area (Å²) in [7, 11) is 0. The van der Waals surface area contributed by atoms with Crippen LogP contribution in [0.3, 0.4) is 0 Å². The number of hydrogen-bond acceptors (Lipinski definition) is 6. The number of benzene rings is 3. The fraction of sp³-hybridized carbons (Fsp3) is 0.259. The average molecular weight is 464 g/mol. The van der Waals surface area contributed by atoms with Crippen LogP contribution in [-0.4, -0.2) is 42.7 Å². The van der Waals surface area contributed by atoms with Crippen molar-refractivity contribution in [2.75, 3.05) is 6.61 Å². The van der Waals surface area contributed by atoms with Crippen LogP contribution in [0.1, 0.15) is 33.2 Å². The van der Waals surface area contributed by atoms with Crippen molar-refractivity contribution in [3.05, 3.63) is 108 Å². The minimum absolute atomic E-state index is 0.117. The lowest BCUT2D eigenvalue weighted by Gasteiger charge is -2.30. The molecule has 34 heavy (non-hydrogen) atoms. The third-order valence-corrected chi connectivity index (χ3v) is 5.58. The Morgan fingerprint density at radius 2 is 1.38 bits per heavy atom. The highest BCUT2D eigenvalue weighted by Gasteiger charge is 2.59. The zero-order chi connectivity index (χ0) is 24.0. The van der Waals surface area contributed by atoms with Gasteiger partial charge in [-0.2, -0.15) is 0 Å². The quantitative estimate of drug-likeness (QED) is 0.449. The molecule has 1 fully saturated rings. The highest BCUT2D eigenvalue weighted by Crippen LogP contribution is 2.38. The molecule has 1 saturated heterocycles. The Kier molecular flexibility index (Phi) is 7.35. The minimum Gasteiger partial charge on any atom is -0.446 e. The van der Waals surface area contributed by atoms with Crippen molar-refractivity contribution in [1.29, 1.82) is 0 Å². The Balaban J connectivity index is 1.50. The zero-order valence-electron chi connectivity index (χ0n) is 18.6. The van der Waals surface area contributed by atoms with Crippen LogP contribution in [0.15, 0.2) is 91.0 Å². The second-order valence-electron chi connectivity index (χ2n) is 8.12. The number of hydrogen-bond donors (Lipinski definition) is 0. The van der Waals surface area contributed by atoms with Crippen molar-refractivity contribution in [2.45, 2.75) is 37.7 Å². The fourth-order valence-electron chi connectivity index (χ4n) is 3.67. The van der Waals surface area contributed by atoms with Gasteiger partial charge >= 0.3 is 11.9 Å². The monoisotopic (exact) mass is 464 g/mol. The van der Waals surface area contributed by atoms with Crippen molar-refractivity contribution < 1.29 is 32.9 Å². The smallest absolute Gasteiger partial charge is 0.340 e. The second-order valence-corrected chi connectivity index (χ2v) is 8.12. The van der Waals surface area contributed by atoms with E-state index in [1.165, 1.54) is 6.92 Å². The molecule has 176 valence electrons. The molecule has 4 rings (SSSR count). The Bertz CT molecular complexity index is 1090. The molecule has 0 amide bonds. The molecule has 0 spiro atoms. The number of halogens is 1. The first kappa shape index (κ1) is 23.6. The lowest BCUT2D eigenvalue weighted by atomic mass is 9.98. The molecule has 7 heteroatoms. The summed E-state index contributed by atoms with van der Waals surface area (Å²) < 4.78 is 38.1. The van der Waals surface area contributed by atoms with Crippen LogP contribution in [-0.2, 0) is 25.6 Å². The van der Waals surface area contributed by atoms with Crippen LogP contribution in [0.4, 0.5) is 4.39 Å². The summed E-state index contributed by atoms with van der Waals surface area (Å²) in [6, 6.07) is 25.9. The van der Waals surface area contributed by atoms with Crippen molar-refractivity contribution in [2.24, 2.45) is 0 Å². The summed E-state index contributed by atoms with van der Waals surface area (Å²) in [6.07, 6.45) is -4.37. The zero-order valence-corrected chi connectivity index (χ0v) is 18.6. The van der Waals surface area contributed by atoms with E-state index < -0.39 is 36.1 Å². The van der Waals surface area contributed by atoms with E-state index in [4.69, 9.17) is 18.9 Å². The van der Waals surface area contributed by atoms with Crippen LogP contribution >= 0.6 is 0 Å². The third-order valence-electron chi connectivity index (χ3n) is 5.58. The highest BCUT2D eigenvalue weighted by molar-refractivity contribution is 5.90. The van der Waals surface area contributed by atoms with Gasteiger partial charge in [0.2, 0.25) is 11.9 Å². The first-order valence-electron chi connectivity index (χ1n) is 10.9. The van der Waals surface area contributed by atoms with Gasteiger partial charge in [0.1, 0.15) is 6.10 Å². The molecule has 3 aromatic rings. The first-order chi connectivity index (χ1) is 16.5. The van der Waals surface area contributed by atoms with E-state index in [1.807, 2.05) is 30.3 Å². The topological polar surface area (TPSA) is 71.1 Å². The van der Waals surface area contributed by atoms with E-state index in [0.717, 1.165) is 5.56 Å². The van der Waals surface area contributed by atoms with E-state index in [1.54, 1.807) is 60.7 Å². The van der Waals surface area contributed by atoms with E-state index in [-0.39, 0.29) is 24.3 Å². The van der Waals surface area contributed by atoms with Crippen LogP contribution in [0.25, 0.3) is 0 Å². The molecule has 4 atom stereocenters. The van der Waals surface area contributed by atoms with E-state index >= 15 is 4.39 Å². The molecule has 0 radical (unpaired) electrons. The van der Waals surface area contributed by atoms with Crippen LogP contribution < -0.4 is 0 Å². The Morgan fingerprint density at radius 1 is 0.853 bits per heavy atom. The second kappa shape index (κ2) is 10.6. The van der Waals surface area contributed by atoms with Crippen LogP contribution in [0.2, 0.25) is 0 Å². The van der Waals surface area contributed by atoms with Gasteiger partial charge in [-0.05, 0) is 36.8 Å².